The molecule has 0 radical (unpaired) electrons. The number of likely N-dealkylation sites (N-methyl/N-ethyl adjacent to an activating group) is 1. The summed E-state index contributed by atoms with van der Waals surface area (Å²) in [5.41, 5.74) is 1.12. The summed E-state index contributed by atoms with van der Waals surface area (Å²) in [6.07, 6.45) is -5.31. The number of nitrogens with zero attached hydrogens (tertiary/aromatic N) is 2. The molecule has 0 saturated heterocycles. The highest BCUT2D eigenvalue weighted by Gasteiger charge is 2.32. The van der Waals surface area contributed by atoms with Gasteiger partial charge in [-0.3, -0.25) is 14.3 Å². The largest absolute Gasteiger partial charge is 0.490 e. The third-order valence-corrected chi connectivity index (χ3v) is 9.53. The summed E-state index contributed by atoms with van der Waals surface area (Å²) in [6, 6.07) is 10.1. The summed E-state index contributed by atoms with van der Waals surface area (Å²) in [5.74, 6) is -1.36. The minimum absolute atomic E-state index is 0.00837. The fourth-order valence-corrected chi connectivity index (χ4v) is 6.24. The van der Waals surface area contributed by atoms with Gasteiger partial charge in [0.15, 0.2) is 0 Å². The Bertz CT molecular complexity index is 1450. The number of hydrogen-bond donors (Lipinski definition) is 2. The number of fused-ring (bicyclic) bond motifs is 1. The first-order chi connectivity index (χ1) is 22.0. The zero-order chi connectivity index (χ0) is 34.9. The highest BCUT2D eigenvalue weighted by Crippen LogP contribution is 2.30. The molecule has 0 saturated carbocycles. The van der Waals surface area contributed by atoms with Gasteiger partial charge in [-0.1, -0.05) is 24.6 Å². The zero-order valence-electron chi connectivity index (χ0n) is 27.5. The molecule has 2 N–H and O–H groups in total. The van der Waals surface area contributed by atoms with Crippen LogP contribution in [0.5, 0.6) is 5.75 Å². The number of aliphatic hydroxyl groups excluding tert-OH is 1. The quantitative estimate of drug-likeness (QED) is 0.363. The molecule has 2 amide bonds. The lowest BCUT2D eigenvalue weighted by atomic mass is 10.0. The number of aryl methyl sites for hydroxylation is 1. The van der Waals surface area contributed by atoms with Gasteiger partial charge >= 0.3 is 6.18 Å². The van der Waals surface area contributed by atoms with Crippen molar-refractivity contribution in [3.05, 3.63) is 53.6 Å². The molecule has 0 aromatic heterocycles. The summed E-state index contributed by atoms with van der Waals surface area (Å²) < 4.78 is 79.4. The molecule has 0 spiro atoms. The van der Waals surface area contributed by atoms with Gasteiger partial charge in [0.25, 0.3) is 15.9 Å². The molecular weight excluding hydrogens is 639 g/mol. The van der Waals surface area contributed by atoms with Crippen molar-refractivity contribution in [2.24, 2.45) is 5.92 Å². The van der Waals surface area contributed by atoms with Crippen LogP contribution >= 0.6 is 0 Å². The molecule has 1 aliphatic heterocycles. The summed E-state index contributed by atoms with van der Waals surface area (Å²) in [4.78, 5) is 29.5. The van der Waals surface area contributed by atoms with Crippen LogP contribution in [0.15, 0.2) is 47.4 Å². The standard InChI is InChI=1S/C33H46F3N3O7S/c1-22-9-12-27(13-10-22)47(43,44)37-26-11-14-29-28(18-26)32(42)39(24(3)21-40)19-23(2)30(45-17-7-6-8-25(4)46-29)20-38(5)31(41)15-16-33(34,35)36/h9-14,18,23-25,30,37,40H,6-8,15-17,19-21H2,1-5H3/t23-,24-,25-,30+/m1/s1. The molecule has 1 heterocycles. The Morgan fingerprint density at radius 3 is 2.47 bits per heavy atom. The molecule has 4 atom stereocenters. The summed E-state index contributed by atoms with van der Waals surface area (Å²) in [5, 5.41) is 10.1. The van der Waals surface area contributed by atoms with Crippen molar-refractivity contribution in [1.82, 2.24) is 9.80 Å². The van der Waals surface area contributed by atoms with Gasteiger partial charge in [0.1, 0.15) is 5.75 Å². The Balaban J connectivity index is 1.95. The number of alkyl halides is 3. The predicted molar refractivity (Wildman–Crippen MR) is 172 cm³/mol. The number of benzene rings is 2. The molecular formula is C33H46F3N3O7S. The van der Waals surface area contributed by atoms with Gasteiger partial charge in [0.2, 0.25) is 5.91 Å². The van der Waals surface area contributed by atoms with Crippen LogP contribution in [0.1, 0.15) is 68.8 Å². The SMILES string of the molecule is Cc1ccc(S(=O)(=O)Nc2ccc3c(c2)C(=O)N([C@H](C)CO)C[C@@H](C)[C@H](CN(C)C(=O)CCC(F)(F)F)OCCCC[C@@H](C)O3)cc1. The van der Waals surface area contributed by atoms with Gasteiger partial charge in [-0.2, -0.15) is 13.2 Å². The summed E-state index contributed by atoms with van der Waals surface area (Å²) >= 11 is 0. The molecule has 0 aliphatic carbocycles. The molecule has 14 heteroatoms. The summed E-state index contributed by atoms with van der Waals surface area (Å²) in [7, 11) is -2.56. The fraction of sp³-hybridized carbons (Fsp3) is 0.576. The first-order valence-corrected chi connectivity index (χ1v) is 17.2. The van der Waals surface area contributed by atoms with E-state index in [-0.39, 0.29) is 47.7 Å². The van der Waals surface area contributed by atoms with Gasteiger partial charge in [-0.05, 0) is 70.4 Å². The van der Waals surface area contributed by atoms with Gasteiger partial charge in [0, 0.05) is 44.8 Å². The molecule has 47 heavy (non-hydrogen) atoms. The highest BCUT2D eigenvalue weighted by molar-refractivity contribution is 7.92. The van der Waals surface area contributed by atoms with Gasteiger partial charge in [0.05, 0.1) is 41.7 Å². The molecule has 2 aromatic carbocycles. The smallest absolute Gasteiger partial charge is 0.389 e. The third kappa shape index (κ3) is 11.4. The van der Waals surface area contributed by atoms with E-state index in [0.717, 1.165) is 5.56 Å². The number of carbonyl (C=O) groups excluding carboxylic acids is 2. The van der Waals surface area contributed by atoms with E-state index in [0.29, 0.717) is 25.9 Å². The number of ether oxygens (including phenoxy) is 2. The van der Waals surface area contributed by atoms with E-state index in [1.165, 1.54) is 41.1 Å². The summed E-state index contributed by atoms with van der Waals surface area (Å²) in [6.45, 7) is 7.18. The monoisotopic (exact) mass is 685 g/mol. The first kappa shape index (κ1) is 38.1. The Morgan fingerprint density at radius 1 is 1.15 bits per heavy atom. The van der Waals surface area contributed by atoms with Crippen LogP contribution in [0.4, 0.5) is 18.9 Å². The topological polar surface area (TPSA) is 125 Å². The van der Waals surface area contributed by atoms with E-state index in [1.54, 1.807) is 32.0 Å². The molecule has 0 unspecified atom stereocenters. The first-order valence-electron chi connectivity index (χ1n) is 15.7. The molecule has 262 valence electrons. The number of hydrogen-bond acceptors (Lipinski definition) is 7. The molecule has 2 aromatic rings. The maximum absolute atomic E-state index is 14.2. The predicted octanol–water partition coefficient (Wildman–Crippen LogP) is 5.39. The van der Waals surface area contributed by atoms with E-state index >= 15 is 0 Å². The number of carbonyl (C=O) groups is 2. The van der Waals surface area contributed by atoms with Crippen molar-refractivity contribution < 1.29 is 45.8 Å². The lowest BCUT2D eigenvalue weighted by Crippen LogP contribution is -2.48. The Labute approximate surface area is 275 Å². The number of aliphatic hydroxyl groups is 1. The van der Waals surface area contributed by atoms with Crippen LogP contribution in [-0.4, -0.2) is 92.9 Å². The van der Waals surface area contributed by atoms with Crippen molar-refractivity contribution in [2.45, 2.75) is 89.1 Å². The third-order valence-electron chi connectivity index (χ3n) is 8.14. The van der Waals surface area contributed by atoms with E-state index in [4.69, 9.17) is 9.47 Å². The molecule has 1 aliphatic rings. The van der Waals surface area contributed by atoms with Crippen LogP contribution in [0, 0.1) is 12.8 Å². The van der Waals surface area contributed by atoms with Crippen LogP contribution in [-0.2, 0) is 19.6 Å². The lowest BCUT2D eigenvalue weighted by Gasteiger charge is -2.36. The second-order valence-electron chi connectivity index (χ2n) is 12.3. The Hall–Kier alpha value is -3.36. The van der Waals surface area contributed by atoms with Crippen LogP contribution < -0.4 is 9.46 Å². The number of rotatable bonds is 9. The number of sulfonamides is 1. The second-order valence-corrected chi connectivity index (χ2v) is 14.0. The Morgan fingerprint density at radius 2 is 1.83 bits per heavy atom. The maximum Gasteiger partial charge on any atom is 0.389 e. The average Bonchev–Trinajstić information content (AvgIpc) is 3.00. The van der Waals surface area contributed by atoms with Gasteiger partial charge in [-0.15, -0.1) is 0 Å². The van der Waals surface area contributed by atoms with Crippen molar-refractivity contribution in [3.8, 4) is 5.75 Å². The van der Waals surface area contributed by atoms with E-state index in [9.17, 15) is 36.3 Å². The van der Waals surface area contributed by atoms with Crippen LogP contribution in [0.25, 0.3) is 0 Å². The van der Waals surface area contributed by atoms with Crippen molar-refractivity contribution in [3.63, 3.8) is 0 Å². The van der Waals surface area contributed by atoms with Gasteiger partial charge in [-0.25, -0.2) is 8.42 Å². The second kappa shape index (κ2) is 16.6. The molecule has 3 rings (SSSR count). The van der Waals surface area contributed by atoms with Gasteiger partial charge < -0.3 is 24.4 Å². The molecule has 0 fully saturated rings. The van der Waals surface area contributed by atoms with Crippen molar-refractivity contribution in [2.75, 3.05) is 38.1 Å². The van der Waals surface area contributed by atoms with E-state index < -0.39 is 58.9 Å². The normalized spacial score (nSPS) is 20.8. The number of halogens is 3. The number of nitrogens with one attached hydrogen (secondary N) is 1. The van der Waals surface area contributed by atoms with Crippen LogP contribution in [0.2, 0.25) is 0 Å². The average molecular weight is 686 g/mol. The van der Waals surface area contributed by atoms with E-state index in [2.05, 4.69) is 4.72 Å². The van der Waals surface area contributed by atoms with E-state index in [1.807, 2.05) is 13.8 Å². The molecule has 0 bridgehead atoms. The van der Waals surface area contributed by atoms with Crippen molar-refractivity contribution >= 4 is 27.5 Å². The van der Waals surface area contributed by atoms with Crippen molar-refractivity contribution in [1.29, 1.82) is 0 Å². The number of anilines is 1. The maximum atomic E-state index is 14.2. The zero-order valence-corrected chi connectivity index (χ0v) is 28.4. The molecule has 10 nitrogen and oxygen atoms in total. The number of amides is 2. The minimum Gasteiger partial charge on any atom is -0.490 e. The van der Waals surface area contributed by atoms with Crippen LogP contribution in [0.3, 0.4) is 0 Å². The highest BCUT2D eigenvalue weighted by atomic mass is 32.2. The fourth-order valence-electron chi connectivity index (χ4n) is 5.19. The Kier molecular flexibility index (Phi) is 13.5. The minimum atomic E-state index is -4.46. The lowest BCUT2D eigenvalue weighted by molar-refractivity contribution is -0.149.